The minimum absolute atomic E-state index is 0.191. The van der Waals surface area contributed by atoms with E-state index in [0.717, 1.165) is 28.8 Å². The average Bonchev–Trinajstić information content (AvgIpc) is 2.47. The first kappa shape index (κ1) is 16.0. The van der Waals surface area contributed by atoms with Crippen molar-refractivity contribution in [3.63, 3.8) is 0 Å². The molecule has 0 aliphatic carbocycles. The maximum Gasteiger partial charge on any atom is 0.123 e. The molecule has 0 heterocycles. The van der Waals surface area contributed by atoms with E-state index in [1.165, 1.54) is 11.6 Å². The minimum atomic E-state index is -0.191. The number of halogens is 2. The predicted molar refractivity (Wildman–Crippen MR) is 90.0 cm³/mol. The van der Waals surface area contributed by atoms with Gasteiger partial charge < -0.3 is 10.2 Å². The lowest BCUT2D eigenvalue weighted by atomic mass is 10.1. The van der Waals surface area contributed by atoms with E-state index >= 15 is 0 Å². The molecule has 0 spiro atoms. The Morgan fingerprint density at radius 3 is 2.52 bits per heavy atom. The van der Waals surface area contributed by atoms with Crippen LogP contribution in [0.1, 0.15) is 18.1 Å². The Morgan fingerprint density at radius 1 is 1.14 bits per heavy atom. The summed E-state index contributed by atoms with van der Waals surface area (Å²) in [5, 5.41) is 3.26. The predicted octanol–water partition coefficient (Wildman–Crippen LogP) is 4.33. The van der Waals surface area contributed by atoms with Crippen molar-refractivity contribution in [2.75, 3.05) is 18.5 Å². The number of hydrogen-bond donors (Lipinski definition) is 1. The normalized spacial score (nSPS) is 10.7. The zero-order valence-electron chi connectivity index (χ0n) is 12.4. The summed E-state index contributed by atoms with van der Waals surface area (Å²) in [6, 6.07) is 13.2. The van der Waals surface area contributed by atoms with Crippen LogP contribution in [0, 0.1) is 5.82 Å². The fraction of sp³-hybridized carbons (Fsp3) is 0.294. The van der Waals surface area contributed by atoms with Gasteiger partial charge >= 0.3 is 0 Å². The Bertz CT molecular complexity index is 584. The highest BCUT2D eigenvalue weighted by Crippen LogP contribution is 2.23. The number of nitrogens with one attached hydrogen (secondary N) is 1. The largest absolute Gasteiger partial charge is 0.370 e. The first-order valence-electron chi connectivity index (χ1n) is 7.05. The van der Waals surface area contributed by atoms with Crippen molar-refractivity contribution < 1.29 is 4.39 Å². The fourth-order valence-corrected chi connectivity index (χ4v) is 2.54. The monoisotopic (exact) mass is 350 g/mol. The lowest BCUT2D eigenvalue weighted by Crippen LogP contribution is -2.20. The van der Waals surface area contributed by atoms with Crippen LogP contribution in [0.4, 0.5) is 10.1 Å². The quantitative estimate of drug-likeness (QED) is 0.833. The molecule has 0 aliphatic heterocycles. The summed E-state index contributed by atoms with van der Waals surface area (Å²) in [7, 11) is 2.03. The summed E-state index contributed by atoms with van der Waals surface area (Å²) < 4.78 is 14.5. The first-order valence-corrected chi connectivity index (χ1v) is 7.84. The van der Waals surface area contributed by atoms with E-state index in [4.69, 9.17) is 0 Å². The summed E-state index contributed by atoms with van der Waals surface area (Å²) in [4.78, 5) is 2.15. The molecule has 0 aliphatic rings. The molecule has 0 amide bonds. The molecule has 2 aromatic rings. The van der Waals surface area contributed by atoms with E-state index in [9.17, 15) is 4.39 Å². The average molecular weight is 351 g/mol. The molecule has 0 fully saturated rings. The smallest absolute Gasteiger partial charge is 0.123 e. The lowest BCUT2D eigenvalue weighted by Gasteiger charge is -2.23. The summed E-state index contributed by atoms with van der Waals surface area (Å²) in [5.74, 6) is -0.191. The number of rotatable bonds is 6. The van der Waals surface area contributed by atoms with Gasteiger partial charge in [-0.25, -0.2) is 4.39 Å². The van der Waals surface area contributed by atoms with Crippen LogP contribution in [0.2, 0.25) is 0 Å². The number of benzene rings is 2. The van der Waals surface area contributed by atoms with Crippen molar-refractivity contribution >= 4 is 21.6 Å². The van der Waals surface area contributed by atoms with Crippen molar-refractivity contribution in [2.24, 2.45) is 0 Å². The molecule has 0 aromatic heterocycles. The van der Waals surface area contributed by atoms with Crippen LogP contribution >= 0.6 is 15.9 Å². The number of hydrogen-bond acceptors (Lipinski definition) is 2. The van der Waals surface area contributed by atoms with Gasteiger partial charge in [-0.15, -0.1) is 0 Å². The SMILES string of the molecule is CCNCc1cc(F)ccc1N(C)Cc1ccc(Br)cc1. The third-order valence-electron chi connectivity index (χ3n) is 3.35. The maximum absolute atomic E-state index is 13.5. The van der Waals surface area contributed by atoms with Gasteiger partial charge in [0.25, 0.3) is 0 Å². The molecule has 0 bridgehead atoms. The Balaban J connectivity index is 2.17. The molecule has 0 unspecified atom stereocenters. The molecule has 4 heteroatoms. The fourth-order valence-electron chi connectivity index (χ4n) is 2.28. The van der Waals surface area contributed by atoms with Gasteiger partial charge in [0, 0.05) is 30.3 Å². The Morgan fingerprint density at radius 2 is 1.86 bits per heavy atom. The topological polar surface area (TPSA) is 15.3 Å². The molecule has 2 aromatic carbocycles. The molecule has 0 saturated heterocycles. The van der Waals surface area contributed by atoms with Gasteiger partial charge in [0.2, 0.25) is 0 Å². The molecule has 0 radical (unpaired) electrons. The van der Waals surface area contributed by atoms with Crippen molar-refractivity contribution in [1.82, 2.24) is 5.32 Å². The molecule has 0 saturated carbocycles. The molecule has 0 atom stereocenters. The van der Waals surface area contributed by atoms with Gasteiger partial charge in [0.1, 0.15) is 5.82 Å². The van der Waals surface area contributed by atoms with Crippen LogP contribution in [0.25, 0.3) is 0 Å². The molecule has 2 nitrogen and oxygen atoms in total. The van der Waals surface area contributed by atoms with Crippen molar-refractivity contribution in [3.8, 4) is 0 Å². The van der Waals surface area contributed by atoms with Gasteiger partial charge in [0.15, 0.2) is 0 Å². The van der Waals surface area contributed by atoms with Gasteiger partial charge in [-0.05, 0) is 48.0 Å². The zero-order valence-corrected chi connectivity index (χ0v) is 14.0. The van der Waals surface area contributed by atoms with Gasteiger partial charge in [-0.3, -0.25) is 0 Å². The summed E-state index contributed by atoms with van der Waals surface area (Å²) in [6.45, 7) is 4.38. The van der Waals surface area contributed by atoms with E-state index in [1.807, 2.05) is 32.2 Å². The Kier molecular flexibility index (Phi) is 5.76. The summed E-state index contributed by atoms with van der Waals surface area (Å²) in [5.41, 5.74) is 3.26. The second kappa shape index (κ2) is 7.57. The van der Waals surface area contributed by atoms with Crippen molar-refractivity contribution in [2.45, 2.75) is 20.0 Å². The van der Waals surface area contributed by atoms with E-state index < -0.39 is 0 Å². The highest BCUT2D eigenvalue weighted by Gasteiger charge is 2.09. The minimum Gasteiger partial charge on any atom is -0.370 e. The molecule has 21 heavy (non-hydrogen) atoms. The molecular formula is C17H20BrFN2. The zero-order chi connectivity index (χ0) is 15.2. The van der Waals surface area contributed by atoms with Crippen LogP contribution in [0.15, 0.2) is 46.9 Å². The highest BCUT2D eigenvalue weighted by atomic mass is 79.9. The Labute approximate surface area is 134 Å². The summed E-state index contributed by atoms with van der Waals surface area (Å²) in [6.07, 6.45) is 0. The highest BCUT2D eigenvalue weighted by molar-refractivity contribution is 9.10. The van der Waals surface area contributed by atoms with E-state index in [-0.39, 0.29) is 5.82 Å². The second-order valence-electron chi connectivity index (χ2n) is 5.04. The van der Waals surface area contributed by atoms with Crippen LogP contribution in [0.5, 0.6) is 0 Å². The number of anilines is 1. The van der Waals surface area contributed by atoms with Gasteiger partial charge in [0.05, 0.1) is 0 Å². The van der Waals surface area contributed by atoms with E-state index in [0.29, 0.717) is 6.54 Å². The molecule has 2 rings (SSSR count). The van der Waals surface area contributed by atoms with Crippen molar-refractivity contribution in [3.05, 3.63) is 63.9 Å². The van der Waals surface area contributed by atoms with Gasteiger partial charge in [-0.1, -0.05) is 35.0 Å². The third kappa shape index (κ3) is 4.55. The Hall–Kier alpha value is -1.39. The number of nitrogens with zero attached hydrogens (tertiary/aromatic N) is 1. The molecular weight excluding hydrogens is 331 g/mol. The van der Waals surface area contributed by atoms with E-state index in [1.54, 1.807) is 6.07 Å². The van der Waals surface area contributed by atoms with Crippen LogP contribution in [-0.4, -0.2) is 13.6 Å². The molecule has 1 N–H and O–H groups in total. The second-order valence-corrected chi connectivity index (χ2v) is 5.95. The van der Waals surface area contributed by atoms with Crippen molar-refractivity contribution in [1.29, 1.82) is 0 Å². The van der Waals surface area contributed by atoms with Crippen LogP contribution in [0.3, 0.4) is 0 Å². The first-order chi connectivity index (χ1) is 10.1. The maximum atomic E-state index is 13.5. The molecule has 112 valence electrons. The van der Waals surface area contributed by atoms with Crippen LogP contribution < -0.4 is 10.2 Å². The van der Waals surface area contributed by atoms with Gasteiger partial charge in [-0.2, -0.15) is 0 Å². The summed E-state index contributed by atoms with van der Waals surface area (Å²) >= 11 is 3.44. The van der Waals surface area contributed by atoms with E-state index in [2.05, 4.69) is 38.3 Å². The van der Waals surface area contributed by atoms with Crippen LogP contribution in [-0.2, 0) is 13.1 Å². The third-order valence-corrected chi connectivity index (χ3v) is 3.88. The standard InChI is InChI=1S/C17H20BrFN2/c1-3-20-11-14-10-16(19)8-9-17(14)21(2)12-13-4-6-15(18)7-5-13/h4-10,20H,3,11-12H2,1-2H3. The lowest BCUT2D eigenvalue weighted by molar-refractivity contribution is 0.621.